The Morgan fingerprint density at radius 2 is 1.45 bits per heavy atom. The van der Waals surface area contributed by atoms with Crippen LogP contribution in [0.15, 0.2) is 88.6 Å². The van der Waals surface area contributed by atoms with Crippen LogP contribution in [0.5, 0.6) is 0 Å². The SMILES string of the molecule is c1ccc(N2N=C(c3ccco3)NN2c2ccccc2)cc1. The number of furan rings is 1. The highest BCUT2D eigenvalue weighted by atomic mass is 16.3. The minimum Gasteiger partial charge on any atom is -0.461 e. The Bertz CT molecular complexity index is 769. The second-order valence-corrected chi connectivity index (χ2v) is 4.81. The van der Waals surface area contributed by atoms with Gasteiger partial charge in [0.25, 0.3) is 0 Å². The fraction of sp³-hybridized carbons (Fsp3) is 0. The fourth-order valence-electron chi connectivity index (χ4n) is 2.30. The first-order valence-corrected chi connectivity index (χ1v) is 7.01. The Hall–Kier alpha value is -3.21. The first-order valence-electron chi connectivity index (χ1n) is 7.01. The minimum absolute atomic E-state index is 0.665. The van der Waals surface area contributed by atoms with Crippen molar-refractivity contribution in [3.8, 4) is 0 Å². The van der Waals surface area contributed by atoms with Crippen molar-refractivity contribution in [2.75, 3.05) is 10.2 Å². The summed E-state index contributed by atoms with van der Waals surface area (Å²) in [5, 5.41) is 8.32. The van der Waals surface area contributed by atoms with E-state index in [0.717, 1.165) is 11.4 Å². The van der Waals surface area contributed by atoms with E-state index >= 15 is 0 Å². The predicted molar refractivity (Wildman–Crippen MR) is 86.2 cm³/mol. The van der Waals surface area contributed by atoms with Gasteiger partial charge in [-0.2, -0.15) is 10.2 Å². The van der Waals surface area contributed by atoms with Crippen LogP contribution in [0.25, 0.3) is 0 Å². The number of rotatable bonds is 3. The maximum atomic E-state index is 5.44. The molecule has 22 heavy (non-hydrogen) atoms. The van der Waals surface area contributed by atoms with E-state index in [1.807, 2.05) is 83.0 Å². The molecule has 2 aromatic carbocycles. The van der Waals surface area contributed by atoms with Crippen LogP contribution in [-0.4, -0.2) is 5.84 Å². The van der Waals surface area contributed by atoms with E-state index in [2.05, 4.69) is 10.5 Å². The zero-order valence-corrected chi connectivity index (χ0v) is 11.8. The molecule has 1 aromatic heterocycles. The van der Waals surface area contributed by atoms with Crippen LogP contribution in [0.4, 0.5) is 11.4 Å². The third kappa shape index (κ3) is 2.18. The number of para-hydroxylation sites is 2. The van der Waals surface area contributed by atoms with Gasteiger partial charge in [0, 0.05) is 0 Å². The van der Waals surface area contributed by atoms with E-state index in [1.54, 1.807) is 6.26 Å². The zero-order chi connectivity index (χ0) is 14.8. The molecule has 0 fully saturated rings. The van der Waals surface area contributed by atoms with Crippen LogP contribution in [0.2, 0.25) is 0 Å². The van der Waals surface area contributed by atoms with E-state index in [9.17, 15) is 0 Å². The molecular weight excluding hydrogens is 276 g/mol. The summed E-state index contributed by atoms with van der Waals surface area (Å²) in [6, 6.07) is 23.7. The highest BCUT2D eigenvalue weighted by Crippen LogP contribution is 2.25. The topological polar surface area (TPSA) is 44.0 Å². The fourth-order valence-corrected chi connectivity index (χ4v) is 2.30. The predicted octanol–water partition coefficient (Wildman–Crippen LogP) is 3.39. The largest absolute Gasteiger partial charge is 0.461 e. The Labute approximate surface area is 128 Å². The van der Waals surface area contributed by atoms with Crippen LogP contribution in [0.1, 0.15) is 5.76 Å². The number of benzene rings is 2. The van der Waals surface area contributed by atoms with Crippen molar-refractivity contribution in [1.29, 1.82) is 0 Å². The van der Waals surface area contributed by atoms with Crippen LogP contribution in [0.3, 0.4) is 0 Å². The average Bonchev–Trinajstić information content (AvgIpc) is 3.26. The van der Waals surface area contributed by atoms with Gasteiger partial charge in [-0.05, 0) is 36.4 Å². The molecule has 0 saturated heterocycles. The molecule has 108 valence electrons. The lowest BCUT2D eigenvalue weighted by Gasteiger charge is -2.27. The molecular formula is C17H14N4O. The van der Waals surface area contributed by atoms with E-state index in [-0.39, 0.29) is 0 Å². The molecule has 0 bridgehead atoms. The number of anilines is 2. The summed E-state index contributed by atoms with van der Waals surface area (Å²) in [4.78, 5) is 0. The third-order valence-corrected chi connectivity index (χ3v) is 3.34. The smallest absolute Gasteiger partial charge is 0.211 e. The maximum absolute atomic E-state index is 5.44. The van der Waals surface area contributed by atoms with E-state index in [1.165, 1.54) is 0 Å². The van der Waals surface area contributed by atoms with Crippen molar-refractivity contribution in [3.63, 3.8) is 0 Å². The minimum atomic E-state index is 0.665. The lowest BCUT2D eigenvalue weighted by atomic mass is 10.3. The molecule has 4 rings (SSSR count). The Morgan fingerprint density at radius 3 is 2.09 bits per heavy atom. The summed E-state index contributed by atoms with van der Waals surface area (Å²) in [5.41, 5.74) is 5.22. The van der Waals surface area contributed by atoms with E-state index in [0.29, 0.717) is 11.6 Å². The van der Waals surface area contributed by atoms with E-state index < -0.39 is 0 Å². The van der Waals surface area contributed by atoms with Crippen molar-refractivity contribution in [2.24, 2.45) is 5.10 Å². The first kappa shape index (κ1) is 12.5. The third-order valence-electron chi connectivity index (χ3n) is 3.34. The van der Waals surface area contributed by atoms with Crippen LogP contribution in [0, 0.1) is 0 Å². The molecule has 0 atom stereocenters. The van der Waals surface area contributed by atoms with Crippen LogP contribution >= 0.6 is 0 Å². The monoisotopic (exact) mass is 290 g/mol. The molecule has 5 heteroatoms. The molecule has 5 nitrogen and oxygen atoms in total. The van der Waals surface area contributed by atoms with Gasteiger partial charge in [0.15, 0.2) is 5.76 Å². The van der Waals surface area contributed by atoms with E-state index in [4.69, 9.17) is 4.42 Å². The van der Waals surface area contributed by atoms with Crippen molar-refractivity contribution in [2.45, 2.75) is 0 Å². The highest BCUT2D eigenvalue weighted by molar-refractivity contribution is 6.00. The molecule has 0 spiro atoms. The number of hydrogen-bond acceptors (Lipinski definition) is 5. The second kappa shape index (κ2) is 5.29. The normalized spacial score (nSPS) is 13.9. The maximum Gasteiger partial charge on any atom is 0.211 e. The molecule has 0 amide bonds. The number of hydrazine groups is 2. The molecule has 0 saturated carbocycles. The Kier molecular flexibility index (Phi) is 3.01. The summed E-state index contributed by atoms with van der Waals surface area (Å²) in [6.07, 6.45) is 1.64. The molecule has 3 aromatic rings. The molecule has 1 aliphatic rings. The Balaban J connectivity index is 1.75. The number of hydrogen-bond donors (Lipinski definition) is 1. The van der Waals surface area contributed by atoms with Crippen LogP contribution < -0.4 is 15.7 Å². The van der Waals surface area contributed by atoms with Gasteiger partial charge in [-0.15, -0.1) is 5.10 Å². The molecule has 0 aliphatic carbocycles. The standard InChI is InChI=1S/C17H14N4O/c1-3-8-14(9-4-1)20-18-17(16-12-7-13-22-16)19-21(20)15-10-5-2-6-11-15/h1-13H,(H,18,19). The van der Waals surface area contributed by atoms with Gasteiger partial charge in [-0.3, -0.25) is 5.43 Å². The lowest BCUT2D eigenvalue weighted by Crippen LogP contribution is -2.44. The van der Waals surface area contributed by atoms with Gasteiger partial charge in [0.1, 0.15) is 0 Å². The molecule has 1 aliphatic heterocycles. The van der Waals surface area contributed by atoms with Gasteiger partial charge in [0.05, 0.1) is 17.6 Å². The van der Waals surface area contributed by atoms with Crippen molar-refractivity contribution in [1.82, 2.24) is 5.43 Å². The quantitative estimate of drug-likeness (QED) is 0.803. The number of nitrogens with zero attached hydrogens (tertiary/aromatic N) is 3. The van der Waals surface area contributed by atoms with Gasteiger partial charge in [-0.25, -0.2) is 0 Å². The number of hydrazone groups is 1. The van der Waals surface area contributed by atoms with Gasteiger partial charge < -0.3 is 4.42 Å². The summed E-state index contributed by atoms with van der Waals surface area (Å²) < 4.78 is 5.44. The molecule has 1 N–H and O–H groups in total. The van der Waals surface area contributed by atoms with Crippen molar-refractivity contribution >= 4 is 17.2 Å². The van der Waals surface area contributed by atoms with Crippen molar-refractivity contribution < 1.29 is 4.42 Å². The van der Waals surface area contributed by atoms with Gasteiger partial charge in [-0.1, -0.05) is 36.4 Å². The molecule has 2 heterocycles. The van der Waals surface area contributed by atoms with Crippen molar-refractivity contribution in [3.05, 3.63) is 84.8 Å². The highest BCUT2D eigenvalue weighted by Gasteiger charge is 2.27. The summed E-state index contributed by atoms with van der Waals surface area (Å²) in [7, 11) is 0. The Morgan fingerprint density at radius 1 is 0.773 bits per heavy atom. The first-order chi connectivity index (χ1) is 10.9. The van der Waals surface area contributed by atoms with Gasteiger partial charge in [0.2, 0.25) is 5.84 Å². The summed E-state index contributed by atoms with van der Waals surface area (Å²) in [5.74, 6) is 1.36. The van der Waals surface area contributed by atoms with Crippen LogP contribution in [-0.2, 0) is 0 Å². The number of nitrogens with one attached hydrogen (secondary N) is 1. The zero-order valence-electron chi connectivity index (χ0n) is 11.8. The lowest BCUT2D eigenvalue weighted by molar-refractivity contribution is 0.555. The second-order valence-electron chi connectivity index (χ2n) is 4.81. The average molecular weight is 290 g/mol. The van der Waals surface area contributed by atoms with Gasteiger partial charge >= 0.3 is 0 Å². The molecule has 0 radical (unpaired) electrons. The summed E-state index contributed by atoms with van der Waals surface area (Å²) in [6.45, 7) is 0. The molecule has 0 unspecified atom stereocenters. The summed E-state index contributed by atoms with van der Waals surface area (Å²) >= 11 is 0. The number of amidine groups is 1.